The standard InChI is InChI=1S/C21H23F3N2O2/c1-13(12-28-2)26-20(27)16-10-15-4-3-5-18(19(15)25-11-16)14-6-8-17(9-7-14)21(22,23)24/h3-6,10-11,13,17H,7-9,12H2,1-2H3,(H,26,27)/t13-,17-/m0/s1. The Morgan fingerprint density at radius 2 is 2.18 bits per heavy atom. The Labute approximate surface area is 161 Å². The van der Waals surface area contributed by atoms with Gasteiger partial charge in [0.05, 0.1) is 23.6 Å². The van der Waals surface area contributed by atoms with Crippen molar-refractivity contribution < 1.29 is 22.7 Å². The number of hydrogen-bond donors (Lipinski definition) is 1. The number of alkyl halides is 3. The molecular formula is C21H23F3N2O2. The predicted molar refractivity (Wildman–Crippen MR) is 102 cm³/mol. The van der Waals surface area contributed by atoms with E-state index in [2.05, 4.69) is 10.3 Å². The first-order valence-electron chi connectivity index (χ1n) is 9.24. The molecule has 3 rings (SSSR count). The van der Waals surface area contributed by atoms with Gasteiger partial charge < -0.3 is 10.1 Å². The molecule has 0 radical (unpaired) electrons. The lowest BCUT2D eigenvalue weighted by atomic mass is 9.85. The number of nitrogens with one attached hydrogen (secondary N) is 1. The molecule has 0 unspecified atom stereocenters. The van der Waals surface area contributed by atoms with Gasteiger partial charge in [0.2, 0.25) is 0 Å². The molecule has 150 valence electrons. The number of carbonyl (C=O) groups excluding carboxylic acids is 1. The van der Waals surface area contributed by atoms with Gasteiger partial charge in [-0.2, -0.15) is 13.2 Å². The number of para-hydroxylation sites is 1. The topological polar surface area (TPSA) is 51.2 Å². The van der Waals surface area contributed by atoms with Crippen molar-refractivity contribution in [3.63, 3.8) is 0 Å². The lowest BCUT2D eigenvalue weighted by Crippen LogP contribution is -2.35. The molecule has 0 spiro atoms. The van der Waals surface area contributed by atoms with E-state index >= 15 is 0 Å². The van der Waals surface area contributed by atoms with Crippen molar-refractivity contribution >= 4 is 22.4 Å². The van der Waals surface area contributed by atoms with Crippen molar-refractivity contribution in [1.29, 1.82) is 0 Å². The van der Waals surface area contributed by atoms with E-state index in [1.165, 1.54) is 6.20 Å². The number of nitrogens with zero attached hydrogens (tertiary/aromatic N) is 1. The molecule has 7 heteroatoms. The molecule has 0 aliphatic heterocycles. The second-order valence-corrected chi connectivity index (χ2v) is 7.17. The summed E-state index contributed by atoms with van der Waals surface area (Å²) < 4.78 is 43.7. The summed E-state index contributed by atoms with van der Waals surface area (Å²) in [7, 11) is 1.57. The van der Waals surface area contributed by atoms with E-state index in [4.69, 9.17) is 4.74 Å². The summed E-state index contributed by atoms with van der Waals surface area (Å²) in [6.07, 6.45) is -0.534. The van der Waals surface area contributed by atoms with E-state index in [-0.39, 0.29) is 24.8 Å². The van der Waals surface area contributed by atoms with Gasteiger partial charge in [0.1, 0.15) is 0 Å². The Morgan fingerprint density at radius 1 is 1.39 bits per heavy atom. The molecule has 1 aromatic heterocycles. The molecular weight excluding hydrogens is 369 g/mol. The number of halogens is 3. The number of allylic oxidation sites excluding steroid dienone is 2. The quantitative estimate of drug-likeness (QED) is 0.799. The molecule has 2 atom stereocenters. The number of carbonyl (C=O) groups is 1. The predicted octanol–water partition coefficient (Wildman–Crippen LogP) is 4.75. The van der Waals surface area contributed by atoms with Gasteiger partial charge in [-0.3, -0.25) is 9.78 Å². The molecule has 1 amide bonds. The van der Waals surface area contributed by atoms with E-state index in [9.17, 15) is 18.0 Å². The maximum atomic E-state index is 12.9. The Hall–Kier alpha value is -2.41. The average Bonchev–Trinajstić information content (AvgIpc) is 2.66. The van der Waals surface area contributed by atoms with Crippen LogP contribution in [0.4, 0.5) is 13.2 Å². The largest absolute Gasteiger partial charge is 0.392 e. The van der Waals surface area contributed by atoms with E-state index in [1.54, 1.807) is 19.3 Å². The molecule has 1 aliphatic carbocycles. The highest BCUT2D eigenvalue weighted by molar-refractivity contribution is 5.99. The van der Waals surface area contributed by atoms with Gasteiger partial charge >= 0.3 is 6.18 Å². The zero-order chi connectivity index (χ0) is 20.3. The van der Waals surface area contributed by atoms with Crippen LogP contribution in [-0.4, -0.2) is 36.8 Å². The SMILES string of the molecule is COC[C@H](C)NC(=O)c1cnc2c(C3=CC[C@H](C(F)(F)F)CC3)cccc2c1. The third-order valence-corrected chi connectivity index (χ3v) is 4.99. The molecule has 0 saturated heterocycles. The second-order valence-electron chi connectivity index (χ2n) is 7.17. The van der Waals surface area contributed by atoms with Gasteiger partial charge in [-0.25, -0.2) is 0 Å². The number of pyridine rings is 1. The summed E-state index contributed by atoms with van der Waals surface area (Å²) in [4.78, 5) is 16.8. The zero-order valence-electron chi connectivity index (χ0n) is 15.8. The lowest BCUT2D eigenvalue weighted by Gasteiger charge is -2.24. The fourth-order valence-corrected chi connectivity index (χ4v) is 3.52. The molecule has 4 nitrogen and oxygen atoms in total. The molecule has 1 heterocycles. The third kappa shape index (κ3) is 4.52. The third-order valence-electron chi connectivity index (χ3n) is 4.99. The van der Waals surface area contributed by atoms with Crippen molar-refractivity contribution in [2.75, 3.05) is 13.7 Å². The minimum absolute atomic E-state index is 0.00685. The Morgan fingerprint density at radius 3 is 2.82 bits per heavy atom. The monoisotopic (exact) mass is 392 g/mol. The highest BCUT2D eigenvalue weighted by atomic mass is 19.4. The van der Waals surface area contributed by atoms with Crippen LogP contribution in [0.3, 0.4) is 0 Å². The smallest absolute Gasteiger partial charge is 0.383 e. The summed E-state index contributed by atoms with van der Waals surface area (Å²) >= 11 is 0. The van der Waals surface area contributed by atoms with Gasteiger partial charge in [0.15, 0.2) is 0 Å². The molecule has 0 fully saturated rings. The molecule has 1 N–H and O–H groups in total. The fraction of sp³-hybridized carbons (Fsp3) is 0.429. The van der Waals surface area contributed by atoms with Crippen LogP contribution < -0.4 is 5.32 Å². The second kappa shape index (κ2) is 8.31. The summed E-state index contributed by atoms with van der Waals surface area (Å²) in [6.45, 7) is 2.25. The summed E-state index contributed by atoms with van der Waals surface area (Å²) in [5, 5.41) is 3.62. The van der Waals surface area contributed by atoms with E-state index in [1.807, 2.05) is 25.1 Å². The van der Waals surface area contributed by atoms with Crippen molar-refractivity contribution in [1.82, 2.24) is 10.3 Å². The van der Waals surface area contributed by atoms with Gasteiger partial charge in [0, 0.05) is 30.3 Å². The van der Waals surface area contributed by atoms with Gasteiger partial charge in [-0.05, 0) is 37.8 Å². The lowest BCUT2D eigenvalue weighted by molar-refractivity contribution is -0.175. The highest BCUT2D eigenvalue weighted by Gasteiger charge is 2.39. The van der Waals surface area contributed by atoms with Gasteiger partial charge in [0.25, 0.3) is 5.91 Å². The first kappa shape index (κ1) is 20.3. The number of methoxy groups -OCH3 is 1. The number of hydrogen-bond acceptors (Lipinski definition) is 3. The summed E-state index contributed by atoms with van der Waals surface area (Å²) in [6, 6.07) is 7.18. The van der Waals surface area contributed by atoms with Crippen LogP contribution in [0.25, 0.3) is 16.5 Å². The van der Waals surface area contributed by atoms with Crippen molar-refractivity contribution in [3.8, 4) is 0 Å². The molecule has 2 aromatic rings. The molecule has 0 bridgehead atoms. The number of amides is 1. The normalized spacial score (nSPS) is 18.6. The summed E-state index contributed by atoms with van der Waals surface area (Å²) in [5.41, 5.74) is 2.84. The maximum Gasteiger partial charge on any atom is 0.392 e. The molecule has 28 heavy (non-hydrogen) atoms. The van der Waals surface area contributed by atoms with Crippen LogP contribution >= 0.6 is 0 Å². The Bertz CT molecular complexity index is 893. The number of aromatic nitrogens is 1. The number of benzene rings is 1. The number of fused-ring (bicyclic) bond motifs is 1. The first-order chi connectivity index (χ1) is 13.3. The van der Waals surface area contributed by atoms with Crippen molar-refractivity contribution in [3.05, 3.63) is 47.7 Å². The van der Waals surface area contributed by atoms with E-state index in [0.29, 0.717) is 24.1 Å². The van der Waals surface area contributed by atoms with Crippen molar-refractivity contribution in [2.45, 2.75) is 38.4 Å². The van der Waals surface area contributed by atoms with Crippen LogP contribution in [0.1, 0.15) is 42.1 Å². The van der Waals surface area contributed by atoms with Crippen LogP contribution in [0.15, 0.2) is 36.5 Å². The minimum Gasteiger partial charge on any atom is -0.383 e. The number of ether oxygens (including phenoxy) is 1. The van der Waals surface area contributed by atoms with E-state index < -0.39 is 12.1 Å². The van der Waals surface area contributed by atoms with Crippen molar-refractivity contribution in [2.24, 2.45) is 5.92 Å². The summed E-state index contributed by atoms with van der Waals surface area (Å²) in [5.74, 6) is -1.52. The minimum atomic E-state index is -4.15. The zero-order valence-corrected chi connectivity index (χ0v) is 15.8. The molecule has 0 saturated carbocycles. The van der Waals surface area contributed by atoms with Crippen LogP contribution in [-0.2, 0) is 4.74 Å². The highest BCUT2D eigenvalue weighted by Crippen LogP contribution is 2.40. The van der Waals surface area contributed by atoms with Gasteiger partial charge in [-0.15, -0.1) is 0 Å². The first-order valence-corrected chi connectivity index (χ1v) is 9.24. The number of rotatable bonds is 5. The van der Waals surface area contributed by atoms with Gasteiger partial charge in [-0.1, -0.05) is 24.3 Å². The maximum absolute atomic E-state index is 12.9. The van der Waals surface area contributed by atoms with Crippen LogP contribution in [0.5, 0.6) is 0 Å². The fourth-order valence-electron chi connectivity index (χ4n) is 3.52. The van der Waals surface area contributed by atoms with Crippen LogP contribution in [0.2, 0.25) is 0 Å². The molecule has 1 aromatic carbocycles. The Kier molecular flexibility index (Phi) is 6.03. The van der Waals surface area contributed by atoms with E-state index in [0.717, 1.165) is 16.5 Å². The van der Waals surface area contributed by atoms with Crippen LogP contribution in [0, 0.1) is 5.92 Å². The molecule has 1 aliphatic rings. The Balaban J connectivity index is 1.85. The average molecular weight is 392 g/mol.